The van der Waals surface area contributed by atoms with Crippen molar-refractivity contribution in [2.24, 2.45) is 11.3 Å². The Bertz CT molecular complexity index is 427. The van der Waals surface area contributed by atoms with E-state index in [4.69, 9.17) is 9.47 Å². The van der Waals surface area contributed by atoms with Crippen LogP contribution in [0.25, 0.3) is 0 Å². The molecule has 4 nitrogen and oxygen atoms in total. The highest BCUT2D eigenvalue weighted by Crippen LogP contribution is 2.47. The number of rotatable bonds is 5. The van der Waals surface area contributed by atoms with E-state index in [-0.39, 0.29) is 23.6 Å². The molecule has 0 radical (unpaired) electrons. The monoisotopic (exact) mass is 324 g/mol. The van der Waals surface area contributed by atoms with Crippen molar-refractivity contribution in [2.75, 3.05) is 0 Å². The second kappa shape index (κ2) is 7.23. The van der Waals surface area contributed by atoms with Gasteiger partial charge in [0.25, 0.3) is 0 Å². The summed E-state index contributed by atoms with van der Waals surface area (Å²) in [5, 5.41) is 0. The summed E-state index contributed by atoms with van der Waals surface area (Å²) in [6.07, 6.45) is 8.85. The van der Waals surface area contributed by atoms with Gasteiger partial charge >= 0.3 is 11.9 Å². The Morgan fingerprint density at radius 3 is 2.13 bits per heavy atom. The van der Waals surface area contributed by atoms with Crippen molar-refractivity contribution in [2.45, 2.75) is 97.2 Å². The van der Waals surface area contributed by atoms with Crippen molar-refractivity contribution in [3.05, 3.63) is 0 Å². The SMILES string of the molecule is CCC(C)(C)C(=O)OC1(C2CCC(OC(C)=O)CC2)CCCC1. The molecule has 0 aromatic heterocycles. The van der Waals surface area contributed by atoms with Crippen LogP contribution in [-0.2, 0) is 19.1 Å². The Morgan fingerprint density at radius 1 is 1.09 bits per heavy atom. The quantitative estimate of drug-likeness (QED) is 0.703. The number of esters is 2. The molecule has 2 aliphatic rings. The maximum Gasteiger partial charge on any atom is 0.312 e. The summed E-state index contributed by atoms with van der Waals surface area (Å²) in [5.41, 5.74) is -0.685. The molecule has 0 unspecified atom stereocenters. The third kappa shape index (κ3) is 4.27. The molecule has 0 aromatic rings. The van der Waals surface area contributed by atoms with Crippen LogP contribution in [0.2, 0.25) is 0 Å². The van der Waals surface area contributed by atoms with Crippen LogP contribution >= 0.6 is 0 Å². The molecule has 4 heteroatoms. The minimum absolute atomic E-state index is 0.0463. The van der Waals surface area contributed by atoms with E-state index >= 15 is 0 Å². The van der Waals surface area contributed by atoms with Crippen molar-refractivity contribution < 1.29 is 19.1 Å². The fraction of sp³-hybridized carbons (Fsp3) is 0.895. The Kier molecular flexibility index (Phi) is 5.74. The van der Waals surface area contributed by atoms with Gasteiger partial charge in [0.05, 0.1) is 5.41 Å². The lowest BCUT2D eigenvalue weighted by molar-refractivity contribution is -0.179. The molecule has 2 aliphatic carbocycles. The fourth-order valence-corrected chi connectivity index (χ4v) is 3.98. The molecule has 0 bridgehead atoms. The molecule has 23 heavy (non-hydrogen) atoms. The summed E-state index contributed by atoms with van der Waals surface area (Å²) in [7, 11) is 0. The molecular weight excluding hydrogens is 292 g/mol. The minimum atomic E-state index is -0.412. The highest BCUT2D eigenvalue weighted by molar-refractivity contribution is 5.76. The average molecular weight is 324 g/mol. The van der Waals surface area contributed by atoms with Crippen LogP contribution in [0, 0.1) is 11.3 Å². The largest absolute Gasteiger partial charge is 0.463 e. The molecule has 0 atom stereocenters. The maximum absolute atomic E-state index is 12.6. The summed E-state index contributed by atoms with van der Waals surface area (Å²) >= 11 is 0. The van der Waals surface area contributed by atoms with Crippen molar-refractivity contribution in [1.29, 1.82) is 0 Å². The first-order valence-corrected chi connectivity index (χ1v) is 9.20. The lowest BCUT2D eigenvalue weighted by Crippen LogP contribution is -2.45. The third-order valence-corrected chi connectivity index (χ3v) is 5.93. The summed E-state index contributed by atoms with van der Waals surface area (Å²) in [5.74, 6) is 0.164. The number of hydrogen-bond donors (Lipinski definition) is 0. The van der Waals surface area contributed by atoms with Crippen molar-refractivity contribution in [3.8, 4) is 0 Å². The van der Waals surface area contributed by atoms with E-state index in [0.29, 0.717) is 5.92 Å². The first kappa shape index (κ1) is 18.3. The first-order chi connectivity index (χ1) is 10.8. The molecule has 0 N–H and O–H groups in total. The highest BCUT2D eigenvalue weighted by Gasteiger charge is 2.47. The molecule has 0 aliphatic heterocycles. The summed E-state index contributed by atoms with van der Waals surface area (Å²) in [4.78, 5) is 23.7. The van der Waals surface area contributed by atoms with Gasteiger partial charge in [-0.3, -0.25) is 9.59 Å². The van der Waals surface area contributed by atoms with Crippen molar-refractivity contribution >= 4 is 11.9 Å². The molecule has 2 saturated carbocycles. The van der Waals surface area contributed by atoms with E-state index in [1.165, 1.54) is 6.92 Å². The molecule has 0 heterocycles. The van der Waals surface area contributed by atoms with Gasteiger partial charge in [0.15, 0.2) is 0 Å². The molecule has 2 fully saturated rings. The van der Waals surface area contributed by atoms with Gasteiger partial charge in [-0.05, 0) is 77.6 Å². The number of ether oxygens (including phenoxy) is 2. The van der Waals surface area contributed by atoms with Gasteiger partial charge in [-0.1, -0.05) is 6.92 Å². The lowest BCUT2D eigenvalue weighted by atomic mass is 9.74. The van der Waals surface area contributed by atoms with Crippen molar-refractivity contribution in [1.82, 2.24) is 0 Å². The second-order valence-electron chi connectivity index (χ2n) is 7.98. The molecule has 0 saturated heterocycles. The topological polar surface area (TPSA) is 52.6 Å². The Labute approximate surface area is 140 Å². The number of hydrogen-bond acceptors (Lipinski definition) is 4. The molecule has 132 valence electrons. The normalized spacial score (nSPS) is 27.5. The van der Waals surface area contributed by atoms with Crippen LogP contribution in [0.15, 0.2) is 0 Å². The third-order valence-electron chi connectivity index (χ3n) is 5.93. The zero-order valence-electron chi connectivity index (χ0n) is 15.2. The zero-order chi connectivity index (χ0) is 17.1. The average Bonchev–Trinajstić information content (AvgIpc) is 2.97. The first-order valence-electron chi connectivity index (χ1n) is 9.20. The molecular formula is C19H32O4. The number of carbonyl (C=O) groups is 2. The standard InChI is InChI=1S/C19H32O4/c1-5-18(3,4)17(21)23-19(12-6-7-13-19)15-8-10-16(11-9-15)22-14(2)20/h15-16H,5-13H2,1-4H3. The number of carbonyl (C=O) groups excluding carboxylic acids is 2. The Morgan fingerprint density at radius 2 is 1.65 bits per heavy atom. The summed E-state index contributed by atoms with van der Waals surface area (Å²) < 4.78 is 11.5. The molecule has 0 amide bonds. The highest BCUT2D eigenvalue weighted by atomic mass is 16.6. The van der Waals surface area contributed by atoms with Crippen LogP contribution in [0.5, 0.6) is 0 Å². The zero-order valence-corrected chi connectivity index (χ0v) is 15.2. The van der Waals surface area contributed by atoms with Gasteiger partial charge in [-0.15, -0.1) is 0 Å². The molecule has 0 aromatic carbocycles. The lowest BCUT2D eigenvalue weighted by Gasteiger charge is -2.42. The van der Waals surface area contributed by atoms with Crippen LogP contribution in [-0.4, -0.2) is 23.6 Å². The maximum atomic E-state index is 12.6. The van der Waals surface area contributed by atoms with Gasteiger partial charge in [0, 0.05) is 6.92 Å². The van der Waals surface area contributed by atoms with Crippen LogP contribution < -0.4 is 0 Å². The Hall–Kier alpha value is -1.06. The van der Waals surface area contributed by atoms with Gasteiger partial charge in [0.2, 0.25) is 0 Å². The summed E-state index contributed by atoms with van der Waals surface area (Å²) in [6.45, 7) is 7.44. The second-order valence-corrected chi connectivity index (χ2v) is 7.98. The van der Waals surface area contributed by atoms with Crippen molar-refractivity contribution in [3.63, 3.8) is 0 Å². The van der Waals surface area contributed by atoms with Gasteiger partial charge < -0.3 is 9.47 Å². The molecule has 2 rings (SSSR count). The van der Waals surface area contributed by atoms with Gasteiger partial charge in [-0.25, -0.2) is 0 Å². The van der Waals surface area contributed by atoms with E-state index in [1.807, 2.05) is 20.8 Å². The van der Waals surface area contributed by atoms with Crippen LogP contribution in [0.4, 0.5) is 0 Å². The van der Waals surface area contributed by atoms with Crippen LogP contribution in [0.3, 0.4) is 0 Å². The fourth-order valence-electron chi connectivity index (χ4n) is 3.98. The van der Waals surface area contributed by atoms with E-state index < -0.39 is 5.41 Å². The molecule has 0 spiro atoms. The predicted molar refractivity (Wildman–Crippen MR) is 88.9 cm³/mol. The summed E-state index contributed by atoms with van der Waals surface area (Å²) in [6, 6.07) is 0. The van der Waals surface area contributed by atoms with Gasteiger partial charge in [0.1, 0.15) is 11.7 Å². The minimum Gasteiger partial charge on any atom is -0.463 e. The predicted octanol–water partition coefficient (Wildman–Crippen LogP) is 4.40. The Balaban J connectivity index is 2.01. The van der Waals surface area contributed by atoms with E-state index in [0.717, 1.165) is 57.8 Å². The van der Waals surface area contributed by atoms with Crippen LogP contribution in [0.1, 0.15) is 85.5 Å². The van der Waals surface area contributed by atoms with E-state index in [2.05, 4.69) is 0 Å². The van der Waals surface area contributed by atoms with E-state index in [9.17, 15) is 9.59 Å². The van der Waals surface area contributed by atoms with E-state index in [1.54, 1.807) is 0 Å². The smallest absolute Gasteiger partial charge is 0.312 e. The van der Waals surface area contributed by atoms with Gasteiger partial charge in [-0.2, -0.15) is 0 Å².